The van der Waals surface area contributed by atoms with Crippen LogP contribution in [0.5, 0.6) is 0 Å². The molecule has 0 aliphatic rings. The van der Waals surface area contributed by atoms with E-state index in [1.165, 1.54) is 32.3 Å². The fourth-order valence-corrected chi connectivity index (χ4v) is 9.03. The second kappa shape index (κ2) is 11.0. The SMILES string of the molecule is Cc1cc(C)c(N=Cc2ccc(/C=N/[Si](c3ccccc3)(c3ccccc3)c3ccccc3)n2C)c(C)c1. The monoisotopic (exact) mass is 511 g/mol. The smallest absolute Gasteiger partial charge is 0.273 e. The molecule has 0 fully saturated rings. The molecule has 0 spiro atoms. The molecule has 188 valence electrons. The van der Waals surface area contributed by atoms with Crippen LogP contribution in [0.3, 0.4) is 0 Å². The summed E-state index contributed by atoms with van der Waals surface area (Å²) in [4.78, 5) is 4.86. The first-order chi connectivity index (χ1) is 18.5. The summed E-state index contributed by atoms with van der Waals surface area (Å²) >= 11 is 0. The van der Waals surface area contributed by atoms with Gasteiger partial charge < -0.3 is 9.23 Å². The molecule has 0 radical (unpaired) electrons. The van der Waals surface area contributed by atoms with Crippen molar-refractivity contribution in [3.05, 3.63) is 143 Å². The van der Waals surface area contributed by atoms with Gasteiger partial charge in [0.1, 0.15) is 0 Å². The maximum atomic E-state index is 5.52. The maximum Gasteiger partial charge on any atom is 0.273 e. The Morgan fingerprint density at radius 1 is 0.579 bits per heavy atom. The van der Waals surface area contributed by atoms with E-state index in [9.17, 15) is 0 Å². The molecule has 4 aromatic carbocycles. The quantitative estimate of drug-likeness (QED) is 0.150. The molecule has 38 heavy (non-hydrogen) atoms. The predicted molar refractivity (Wildman–Crippen MR) is 165 cm³/mol. The van der Waals surface area contributed by atoms with Crippen LogP contribution in [0.4, 0.5) is 5.69 Å². The molecule has 0 aliphatic heterocycles. The van der Waals surface area contributed by atoms with Crippen LogP contribution < -0.4 is 15.6 Å². The molecule has 0 N–H and O–H groups in total. The van der Waals surface area contributed by atoms with Gasteiger partial charge in [-0.2, -0.15) is 0 Å². The molecule has 5 rings (SSSR count). The van der Waals surface area contributed by atoms with Gasteiger partial charge in [-0.1, -0.05) is 109 Å². The van der Waals surface area contributed by atoms with Crippen molar-refractivity contribution in [2.45, 2.75) is 20.8 Å². The molecule has 0 amide bonds. The minimum Gasteiger partial charge on any atom is -0.342 e. The first-order valence-electron chi connectivity index (χ1n) is 13.0. The Balaban J connectivity index is 1.59. The van der Waals surface area contributed by atoms with Crippen molar-refractivity contribution in [3.8, 4) is 0 Å². The topological polar surface area (TPSA) is 29.6 Å². The lowest BCUT2D eigenvalue weighted by atomic mass is 10.1. The lowest BCUT2D eigenvalue weighted by Crippen LogP contribution is -2.66. The third-order valence-corrected chi connectivity index (χ3v) is 11.1. The third-order valence-electron chi connectivity index (χ3n) is 7.13. The molecule has 1 heterocycles. The second-order valence-corrected chi connectivity index (χ2v) is 13.2. The van der Waals surface area contributed by atoms with Gasteiger partial charge in [-0.05, 0) is 59.6 Å². The molecular weight excluding hydrogens is 478 g/mol. The molecule has 0 saturated heterocycles. The lowest BCUT2D eigenvalue weighted by molar-refractivity contribution is 0.910. The zero-order valence-electron chi connectivity index (χ0n) is 22.5. The Bertz CT molecular complexity index is 1460. The number of rotatable bonds is 7. The molecule has 5 aromatic rings. The molecule has 4 heteroatoms. The van der Waals surface area contributed by atoms with Crippen molar-refractivity contribution in [1.82, 2.24) is 4.57 Å². The Hall–Kier alpha value is -4.28. The van der Waals surface area contributed by atoms with Crippen LogP contribution in [-0.4, -0.2) is 25.2 Å². The highest BCUT2D eigenvalue weighted by atomic mass is 28.3. The van der Waals surface area contributed by atoms with Crippen LogP contribution in [-0.2, 0) is 7.05 Å². The minimum atomic E-state index is -2.69. The van der Waals surface area contributed by atoms with Crippen LogP contribution in [0, 0.1) is 20.8 Å². The van der Waals surface area contributed by atoms with Crippen molar-refractivity contribution < 1.29 is 0 Å². The van der Waals surface area contributed by atoms with Crippen LogP contribution in [0.2, 0.25) is 0 Å². The average Bonchev–Trinajstić information content (AvgIpc) is 3.29. The zero-order valence-corrected chi connectivity index (χ0v) is 23.5. The highest BCUT2D eigenvalue weighted by molar-refractivity contribution is 7.10. The molecule has 0 bridgehead atoms. The Kier molecular flexibility index (Phi) is 7.34. The normalized spacial score (nSPS) is 12.0. The first-order valence-corrected chi connectivity index (χ1v) is 14.9. The van der Waals surface area contributed by atoms with E-state index in [0.717, 1.165) is 17.1 Å². The van der Waals surface area contributed by atoms with E-state index >= 15 is 0 Å². The van der Waals surface area contributed by atoms with Crippen LogP contribution >= 0.6 is 0 Å². The standard InChI is InChI=1S/C34H33N3Si/c1-26-22-27(2)34(28(3)23-26)35-24-29-20-21-30(37(29)4)25-36-38(31-14-8-5-9-15-31,32-16-10-6-11-17-32)33-18-12-7-13-19-33/h5-25H,1-4H3/b35-24?,36-25+. The maximum absolute atomic E-state index is 5.52. The fourth-order valence-electron chi connectivity index (χ4n) is 5.23. The summed E-state index contributed by atoms with van der Waals surface area (Å²) in [5.41, 5.74) is 6.77. The number of nitrogens with zero attached hydrogens (tertiary/aromatic N) is 3. The van der Waals surface area contributed by atoms with E-state index in [1.807, 2.05) is 6.21 Å². The van der Waals surface area contributed by atoms with Gasteiger partial charge in [0, 0.05) is 13.3 Å². The van der Waals surface area contributed by atoms with Gasteiger partial charge >= 0.3 is 0 Å². The van der Waals surface area contributed by atoms with Crippen molar-refractivity contribution in [2.24, 2.45) is 16.7 Å². The van der Waals surface area contributed by atoms with Crippen LogP contribution in [0.1, 0.15) is 28.1 Å². The average molecular weight is 512 g/mol. The zero-order chi connectivity index (χ0) is 26.5. The lowest BCUT2D eigenvalue weighted by Gasteiger charge is -2.29. The third kappa shape index (κ3) is 4.95. The molecule has 0 aliphatic carbocycles. The Morgan fingerprint density at radius 2 is 1.00 bits per heavy atom. The summed E-state index contributed by atoms with van der Waals surface area (Å²) in [5.74, 6) is 0. The number of hydrogen-bond acceptors (Lipinski definition) is 2. The van der Waals surface area contributed by atoms with Crippen molar-refractivity contribution >= 4 is 41.9 Å². The minimum absolute atomic E-state index is 1.04. The number of aryl methyl sites for hydroxylation is 3. The Morgan fingerprint density at radius 3 is 1.45 bits per heavy atom. The van der Waals surface area contributed by atoms with Gasteiger partial charge in [0.05, 0.1) is 23.3 Å². The first kappa shape index (κ1) is 25.4. The van der Waals surface area contributed by atoms with Gasteiger partial charge in [0.25, 0.3) is 8.24 Å². The predicted octanol–water partition coefficient (Wildman–Crippen LogP) is 5.79. The van der Waals surface area contributed by atoms with Gasteiger partial charge in [-0.3, -0.25) is 4.99 Å². The van der Waals surface area contributed by atoms with E-state index in [4.69, 9.17) is 9.65 Å². The highest BCUT2D eigenvalue weighted by Gasteiger charge is 2.39. The highest BCUT2D eigenvalue weighted by Crippen LogP contribution is 2.25. The number of hydrogen-bond donors (Lipinski definition) is 0. The van der Waals surface area contributed by atoms with Gasteiger partial charge in [0.2, 0.25) is 0 Å². The molecular formula is C34H33N3Si. The molecule has 0 unspecified atom stereocenters. The van der Waals surface area contributed by atoms with E-state index in [1.54, 1.807) is 0 Å². The van der Waals surface area contributed by atoms with Crippen LogP contribution in [0.15, 0.2) is 125 Å². The fraction of sp³-hybridized carbons (Fsp3) is 0.118. The van der Waals surface area contributed by atoms with E-state index in [2.05, 4.69) is 154 Å². The van der Waals surface area contributed by atoms with Gasteiger partial charge in [-0.15, -0.1) is 0 Å². The van der Waals surface area contributed by atoms with Crippen molar-refractivity contribution in [3.63, 3.8) is 0 Å². The van der Waals surface area contributed by atoms with Crippen LogP contribution in [0.25, 0.3) is 0 Å². The number of benzene rings is 4. The molecule has 0 atom stereocenters. The summed E-state index contributed by atoms with van der Waals surface area (Å²) in [7, 11) is -0.612. The van der Waals surface area contributed by atoms with Gasteiger partial charge in [-0.25, -0.2) is 0 Å². The summed E-state index contributed by atoms with van der Waals surface area (Å²) in [6, 6.07) is 40.8. The summed E-state index contributed by atoms with van der Waals surface area (Å²) < 4.78 is 7.67. The largest absolute Gasteiger partial charge is 0.342 e. The summed E-state index contributed by atoms with van der Waals surface area (Å²) in [6.07, 6.45) is 4.01. The number of aromatic nitrogens is 1. The van der Waals surface area contributed by atoms with E-state index in [-0.39, 0.29) is 0 Å². The molecule has 1 aromatic heterocycles. The van der Waals surface area contributed by atoms with E-state index in [0.29, 0.717) is 0 Å². The number of aliphatic imine (C=N–C) groups is 1. The Labute approximate surface area is 227 Å². The van der Waals surface area contributed by atoms with Gasteiger partial charge in [0.15, 0.2) is 0 Å². The van der Waals surface area contributed by atoms with Crippen molar-refractivity contribution in [1.29, 1.82) is 0 Å². The van der Waals surface area contributed by atoms with Crippen molar-refractivity contribution in [2.75, 3.05) is 0 Å². The summed E-state index contributed by atoms with van der Waals surface area (Å²) in [6.45, 7) is 6.37. The summed E-state index contributed by atoms with van der Waals surface area (Å²) in [5, 5.41) is 3.78. The molecule has 3 nitrogen and oxygen atoms in total. The van der Waals surface area contributed by atoms with E-state index < -0.39 is 8.24 Å². The molecule has 0 saturated carbocycles. The second-order valence-electron chi connectivity index (χ2n) is 9.81.